The van der Waals surface area contributed by atoms with Crippen LogP contribution in [0.2, 0.25) is 0 Å². The third-order valence-electron chi connectivity index (χ3n) is 1.56. The molecule has 1 heterocycles. The van der Waals surface area contributed by atoms with E-state index in [1.54, 1.807) is 13.8 Å². The summed E-state index contributed by atoms with van der Waals surface area (Å²) in [5.74, 6) is -1.37. The standard InChI is InChI=1S/C8H16O3/c1-6(2,3)10-8(9)7(4,5)11-8/h9H,1-5H3. The molecule has 1 aliphatic rings. The van der Waals surface area contributed by atoms with Crippen molar-refractivity contribution in [3.05, 3.63) is 0 Å². The number of ether oxygens (including phenoxy) is 2. The molecule has 0 aromatic rings. The van der Waals surface area contributed by atoms with E-state index in [1.165, 1.54) is 0 Å². The Hall–Kier alpha value is -0.120. The van der Waals surface area contributed by atoms with E-state index in [0.717, 1.165) is 0 Å². The summed E-state index contributed by atoms with van der Waals surface area (Å²) in [5, 5.41) is 9.55. The Labute approximate surface area is 67.3 Å². The first-order chi connectivity index (χ1) is 4.66. The lowest BCUT2D eigenvalue weighted by Crippen LogP contribution is -2.33. The van der Waals surface area contributed by atoms with Crippen LogP contribution in [-0.4, -0.2) is 22.3 Å². The topological polar surface area (TPSA) is 42.0 Å². The van der Waals surface area contributed by atoms with Crippen molar-refractivity contribution in [3.8, 4) is 0 Å². The molecule has 66 valence electrons. The molecule has 1 saturated heterocycles. The zero-order chi connectivity index (χ0) is 8.91. The Morgan fingerprint density at radius 1 is 1.27 bits per heavy atom. The average Bonchev–Trinajstić information content (AvgIpc) is 1.96. The van der Waals surface area contributed by atoms with Crippen LogP contribution in [0.3, 0.4) is 0 Å². The number of epoxide rings is 1. The molecule has 1 aliphatic heterocycles. The minimum Gasteiger partial charge on any atom is -0.341 e. The molecule has 0 bridgehead atoms. The maximum Gasteiger partial charge on any atom is 0.312 e. The van der Waals surface area contributed by atoms with Gasteiger partial charge in [-0.25, -0.2) is 0 Å². The Morgan fingerprint density at radius 2 is 1.64 bits per heavy atom. The first-order valence-corrected chi connectivity index (χ1v) is 3.79. The highest BCUT2D eigenvalue weighted by atomic mass is 16.9. The van der Waals surface area contributed by atoms with E-state index in [0.29, 0.717) is 0 Å². The van der Waals surface area contributed by atoms with Gasteiger partial charge >= 0.3 is 5.97 Å². The largest absolute Gasteiger partial charge is 0.341 e. The molecule has 0 aliphatic carbocycles. The van der Waals surface area contributed by atoms with E-state index < -0.39 is 11.6 Å². The van der Waals surface area contributed by atoms with Crippen LogP contribution in [0.1, 0.15) is 34.6 Å². The van der Waals surface area contributed by atoms with E-state index in [9.17, 15) is 5.11 Å². The summed E-state index contributed by atoms with van der Waals surface area (Å²) in [6.07, 6.45) is 0. The Bertz CT molecular complexity index is 169. The molecule has 3 nitrogen and oxygen atoms in total. The van der Waals surface area contributed by atoms with Crippen molar-refractivity contribution >= 4 is 0 Å². The summed E-state index contributed by atoms with van der Waals surface area (Å²) in [5.41, 5.74) is -0.928. The molecular weight excluding hydrogens is 144 g/mol. The lowest BCUT2D eigenvalue weighted by molar-refractivity contribution is -0.244. The van der Waals surface area contributed by atoms with E-state index in [2.05, 4.69) is 0 Å². The minimum atomic E-state index is -1.37. The Morgan fingerprint density at radius 3 is 1.73 bits per heavy atom. The molecule has 1 atom stereocenters. The summed E-state index contributed by atoms with van der Waals surface area (Å²) >= 11 is 0. The highest BCUT2D eigenvalue weighted by Crippen LogP contribution is 2.47. The fourth-order valence-corrected chi connectivity index (χ4v) is 0.879. The predicted molar refractivity (Wildman–Crippen MR) is 41.0 cm³/mol. The summed E-state index contributed by atoms with van der Waals surface area (Å²) in [6.45, 7) is 9.21. The minimum absolute atomic E-state index is 0.373. The number of hydrogen-bond acceptors (Lipinski definition) is 3. The molecule has 1 fully saturated rings. The van der Waals surface area contributed by atoms with Crippen molar-refractivity contribution in [1.82, 2.24) is 0 Å². The molecule has 0 spiro atoms. The Balaban J connectivity index is 2.54. The van der Waals surface area contributed by atoms with Gasteiger partial charge in [-0.1, -0.05) is 0 Å². The molecule has 0 amide bonds. The second-order valence-electron chi connectivity index (χ2n) is 4.41. The van der Waals surface area contributed by atoms with Crippen LogP contribution < -0.4 is 0 Å². The first kappa shape index (κ1) is 8.97. The molecular formula is C8H16O3. The molecule has 0 radical (unpaired) electrons. The van der Waals surface area contributed by atoms with Gasteiger partial charge in [-0.2, -0.15) is 0 Å². The van der Waals surface area contributed by atoms with Crippen LogP contribution in [-0.2, 0) is 9.47 Å². The predicted octanol–water partition coefficient (Wildman–Crippen LogP) is 1.26. The van der Waals surface area contributed by atoms with Gasteiger partial charge in [0, 0.05) is 0 Å². The number of rotatable bonds is 1. The maximum atomic E-state index is 9.55. The third-order valence-corrected chi connectivity index (χ3v) is 1.56. The second kappa shape index (κ2) is 1.97. The van der Waals surface area contributed by atoms with Crippen LogP contribution in [0.4, 0.5) is 0 Å². The van der Waals surface area contributed by atoms with E-state index in [4.69, 9.17) is 9.47 Å². The second-order valence-corrected chi connectivity index (χ2v) is 4.41. The highest BCUT2D eigenvalue weighted by Gasteiger charge is 2.67. The monoisotopic (exact) mass is 160 g/mol. The van der Waals surface area contributed by atoms with Gasteiger partial charge in [-0.05, 0) is 34.6 Å². The summed E-state index contributed by atoms with van der Waals surface area (Å²) in [6, 6.07) is 0. The van der Waals surface area contributed by atoms with Crippen LogP contribution in [0.25, 0.3) is 0 Å². The molecule has 0 aromatic heterocycles. The number of hydrogen-bond donors (Lipinski definition) is 1. The lowest BCUT2D eigenvalue weighted by atomic mass is 10.1. The molecule has 1 N–H and O–H groups in total. The smallest absolute Gasteiger partial charge is 0.312 e. The van der Waals surface area contributed by atoms with Crippen molar-refractivity contribution in [3.63, 3.8) is 0 Å². The summed E-state index contributed by atoms with van der Waals surface area (Å²) in [7, 11) is 0. The Kier molecular flexibility index (Phi) is 1.61. The van der Waals surface area contributed by atoms with Gasteiger partial charge in [-0.15, -0.1) is 0 Å². The lowest BCUT2D eigenvalue weighted by Gasteiger charge is -2.22. The van der Waals surface area contributed by atoms with Crippen molar-refractivity contribution in [2.45, 2.75) is 51.8 Å². The van der Waals surface area contributed by atoms with Gasteiger partial charge in [0.05, 0.1) is 5.60 Å². The van der Waals surface area contributed by atoms with Crippen molar-refractivity contribution in [2.75, 3.05) is 0 Å². The van der Waals surface area contributed by atoms with Crippen LogP contribution in [0.5, 0.6) is 0 Å². The SMILES string of the molecule is CC(C)(C)OC1(O)OC1(C)C. The summed E-state index contributed by atoms with van der Waals surface area (Å²) in [4.78, 5) is 0. The molecule has 1 rings (SSSR count). The molecule has 0 saturated carbocycles. The van der Waals surface area contributed by atoms with Gasteiger partial charge in [0.25, 0.3) is 0 Å². The molecule has 1 unspecified atom stereocenters. The van der Waals surface area contributed by atoms with Crippen LogP contribution in [0, 0.1) is 0 Å². The average molecular weight is 160 g/mol. The zero-order valence-electron chi connectivity index (χ0n) is 7.76. The van der Waals surface area contributed by atoms with Gasteiger partial charge in [0.2, 0.25) is 0 Å². The maximum absolute atomic E-state index is 9.55. The fourth-order valence-electron chi connectivity index (χ4n) is 0.879. The van der Waals surface area contributed by atoms with Crippen LogP contribution in [0.15, 0.2) is 0 Å². The quantitative estimate of drug-likeness (QED) is 0.463. The molecule has 0 aromatic carbocycles. The number of aliphatic hydroxyl groups is 1. The van der Waals surface area contributed by atoms with Gasteiger partial charge < -0.3 is 14.6 Å². The highest BCUT2D eigenvalue weighted by molar-refractivity contribution is 4.96. The zero-order valence-corrected chi connectivity index (χ0v) is 7.76. The fraction of sp³-hybridized carbons (Fsp3) is 1.00. The van der Waals surface area contributed by atoms with Crippen molar-refractivity contribution in [1.29, 1.82) is 0 Å². The van der Waals surface area contributed by atoms with Crippen molar-refractivity contribution < 1.29 is 14.6 Å². The normalized spacial score (nSPS) is 35.5. The molecule has 11 heavy (non-hydrogen) atoms. The first-order valence-electron chi connectivity index (χ1n) is 3.79. The van der Waals surface area contributed by atoms with Gasteiger partial charge in [0.15, 0.2) is 0 Å². The summed E-state index contributed by atoms with van der Waals surface area (Å²) < 4.78 is 10.3. The van der Waals surface area contributed by atoms with Crippen LogP contribution >= 0.6 is 0 Å². The van der Waals surface area contributed by atoms with Crippen molar-refractivity contribution in [2.24, 2.45) is 0 Å². The van der Waals surface area contributed by atoms with Gasteiger partial charge in [0.1, 0.15) is 5.60 Å². The third kappa shape index (κ3) is 1.72. The van der Waals surface area contributed by atoms with E-state index in [1.807, 2.05) is 20.8 Å². The molecule has 3 heteroatoms. The van der Waals surface area contributed by atoms with Gasteiger partial charge in [-0.3, -0.25) is 0 Å². The van der Waals surface area contributed by atoms with E-state index >= 15 is 0 Å². The van der Waals surface area contributed by atoms with E-state index in [-0.39, 0.29) is 5.60 Å².